The first-order valence-electron chi connectivity index (χ1n) is 6.96. The van der Waals surface area contributed by atoms with Crippen LogP contribution in [0.4, 0.5) is 0 Å². The van der Waals surface area contributed by atoms with E-state index in [2.05, 4.69) is 33.0 Å². The summed E-state index contributed by atoms with van der Waals surface area (Å²) in [6.45, 7) is 10.1. The largest absolute Gasteiger partial charge is 0.315 e. The quantitative estimate of drug-likeness (QED) is 0.807. The highest BCUT2D eigenvalue weighted by Gasteiger charge is 2.05. The zero-order chi connectivity index (χ0) is 13.5. The van der Waals surface area contributed by atoms with Gasteiger partial charge in [0.05, 0.1) is 0 Å². The van der Waals surface area contributed by atoms with Crippen molar-refractivity contribution >= 4 is 0 Å². The van der Waals surface area contributed by atoms with Crippen LogP contribution in [0, 0.1) is 5.92 Å². The zero-order valence-electron chi connectivity index (χ0n) is 12.1. The van der Waals surface area contributed by atoms with Crippen LogP contribution in [-0.4, -0.2) is 10.6 Å². The van der Waals surface area contributed by atoms with E-state index in [4.69, 9.17) is 0 Å². The average Bonchev–Trinajstić information content (AvgIpc) is 2.35. The maximum absolute atomic E-state index is 12.2. The van der Waals surface area contributed by atoms with Gasteiger partial charge in [0.25, 0.3) is 5.56 Å². The van der Waals surface area contributed by atoms with Gasteiger partial charge in [0.15, 0.2) is 0 Å². The molecule has 1 rings (SSSR count). The average molecular weight is 250 g/mol. The number of nitrogens with zero attached hydrogens (tertiary/aromatic N) is 1. The Labute approximate surface area is 110 Å². The van der Waals surface area contributed by atoms with Crippen molar-refractivity contribution in [3.63, 3.8) is 0 Å². The lowest BCUT2D eigenvalue weighted by Crippen LogP contribution is -2.30. The highest BCUT2D eigenvalue weighted by atomic mass is 16.1. The summed E-state index contributed by atoms with van der Waals surface area (Å²) in [7, 11) is 0. The van der Waals surface area contributed by atoms with Crippen LogP contribution in [0.3, 0.4) is 0 Å². The topological polar surface area (TPSA) is 34.0 Å². The molecule has 1 N–H and O–H groups in total. The summed E-state index contributed by atoms with van der Waals surface area (Å²) in [5.41, 5.74) is 1.01. The Bertz CT molecular complexity index is 409. The molecule has 1 unspecified atom stereocenters. The first kappa shape index (κ1) is 15.0. The fourth-order valence-electron chi connectivity index (χ4n) is 1.72. The summed E-state index contributed by atoms with van der Waals surface area (Å²) in [6.07, 6.45) is 4.01. The standard InChI is InChI=1S/C15H26N2O/c1-5-13(4)16-11-14-7-6-9-17(15(14)18)10-8-12(2)3/h6-7,9,12-13,16H,5,8,10-11H2,1-4H3. The second-order valence-electron chi connectivity index (χ2n) is 5.40. The van der Waals surface area contributed by atoms with E-state index < -0.39 is 0 Å². The number of aromatic nitrogens is 1. The molecule has 0 saturated carbocycles. The molecule has 18 heavy (non-hydrogen) atoms. The van der Waals surface area contributed by atoms with E-state index in [1.807, 2.05) is 22.9 Å². The van der Waals surface area contributed by atoms with Crippen LogP contribution >= 0.6 is 0 Å². The van der Waals surface area contributed by atoms with Gasteiger partial charge in [-0.3, -0.25) is 4.79 Å². The van der Waals surface area contributed by atoms with E-state index in [-0.39, 0.29) is 5.56 Å². The van der Waals surface area contributed by atoms with Crippen LogP contribution in [0.5, 0.6) is 0 Å². The molecule has 0 spiro atoms. The SMILES string of the molecule is CCC(C)NCc1cccn(CCC(C)C)c1=O. The van der Waals surface area contributed by atoms with E-state index in [0.29, 0.717) is 18.5 Å². The van der Waals surface area contributed by atoms with Crippen molar-refractivity contribution in [2.75, 3.05) is 0 Å². The molecule has 0 aliphatic rings. The lowest BCUT2D eigenvalue weighted by atomic mass is 10.1. The molecule has 1 aromatic rings. The molecule has 0 fully saturated rings. The van der Waals surface area contributed by atoms with Crippen molar-refractivity contribution in [2.24, 2.45) is 5.92 Å². The lowest BCUT2D eigenvalue weighted by molar-refractivity contribution is 0.499. The third-order valence-electron chi connectivity index (χ3n) is 3.30. The number of rotatable bonds is 7. The van der Waals surface area contributed by atoms with Gasteiger partial charge >= 0.3 is 0 Å². The van der Waals surface area contributed by atoms with Gasteiger partial charge in [-0.15, -0.1) is 0 Å². The molecule has 3 nitrogen and oxygen atoms in total. The molecular weight excluding hydrogens is 224 g/mol. The van der Waals surface area contributed by atoms with Gasteiger partial charge in [-0.25, -0.2) is 0 Å². The van der Waals surface area contributed by atoms with Crippen molar-refractivity contribution in [3.05, 3.63) is 34.2 Å². The fraction of sp³-hybridized carbons (Fsp3) is 0.667. The third-order valence-corrected chi connectivity index (χ3v) is 3.30. The Morgan fingerprint density at radius 2 is 2.06 bits per heavy atom. The minimum absolute atomic E-state index is 0.147. The highest BCUT2D eigenvalue weighted by Crippen LogP contribution is 2.02. The molecule has 0 aromatic carbocycles. The summed E-state index contributed by atoms with van der Waals surface area (Å²) < 4.78 is 1.83. The Balaban J connectivity index is 2.69. The lowest BCUT2D eigenvalue weighted by Gasteiger charge is -2.13. The monoisotopic (exact) mass is 250 g/mol. The Morgan fingerprint density at radius 1 is 1.33 bits per heavy atom. The molecule has 0 radical (unpaired) electrons. The first-order valence-corrected chi connectivity index (χ1v) is 6.96. The van der Waals surface area contributed by atoms with E-state index in [1.165, 1.54) is 0 Å². The van der Waals surface area contributed by atoms with Crippen LogP contribution in [0.1, 0.15) is 46.1 Å². The van der Waals surface area contributed by atoms with Crippen LogP contribution < -0.4 is 10.9 Å². The number of hydrogen-bond acceptors (Lipinski definition) is 2. The van der Waals surface area contributed by atoms with Crippen LogP contribution in [0.2, 0.25) is 0 Å². The highest BCUT2D eigenvalue weighted by molar-refractivity contribution is 5.10. The predicted molar refractivity (Wildman–Crippen MR) is 76.7 cm³/mol. The van der Waals surface area contributed by atoms with Gasteiger partial charge in [-0.05, 0) is 31.7 Å². The van der Waals surface area contributed by atoms with Crippen LogP contribution in [0.25, 0.3) is 0 Å². The smallest absolute Gasteiger partial charge is 0.255 e. The molecule has 0 amide bonds. The van der Waals surface area contributed by atoms with Crippen molar-refractivity contribution in [1.29, 1.82) is 0 Å². The van der Waals surface area contributed by atoms with Gasteiger partial charge in [-0.1, -0.05) is 26.8 Å². The van der Waals surface area contributed by atoms with Gasteiger partial charge in [0, 0.05) is 30.9 Å². The van der Waals surface area contributed by atoms with E-state index in [0.717, 1.165) is 24.9 Å². The van der Waals surface area contributed by atoms with Crippen LogP contribution in [0.15, 0.2) is 23.1 Å². The Kier molecular flexibility index (Phi) is 6.13. The summed E-state index contributed by atoms with van der Waals surface area (Å²) in [5, 5.41) is 3.37. The number of nitrogens with one attached hydrogen (secondary N) is 1. The van der Waals surface area contributed by atoms with Gasteiger partial charge in [-0.2, -0.15) is 0 Å². The minimum atomic E-state index is 0.147. The minimum Gasteiger partial charge on any atom is -0.315 e. The maximum Gasteiger partial charge on any atom is 0.255 e. The molecule has 0 bridgehead atoms. The zero-order valence-corrected chi connectivity index (χ0v) is 12.1. The van der Waals surface area contributed by atoms with Crippen molar-refractivity contribution in [2.45, 2.75) is 59.7 Å². The molecule has 0 saturated heterocycles. The van der Waals surface area contributed by atoms with Gasteiger partial charge in [0.2, 0.25) is 0 Å². The normalized spacial score (nSPS) is 12.9. The molecular formula is C15H26N2O. The predicted octanol–water partition coefficient (Wildman–Crippen LogP) is 2.78. The van der Waals surface area contributed by atoms with E-state index in [9.17, 15) is 4.79 Å². The van der Waals surface area contributed by atoms with Crippen molar-refractivity contribution in [3.8, 4) is 0 Å². The molecule has 1 heterocycles. The van der Waals surface area contributed by atoms with E-state index in [1.54, 1.807) is 0 Å². The number of pyridine rings is 1. The molecule has 102 valence electrons. The second-order valence-corrected chi connectivity index (χ2v) is 5.40. The molecule has 0 aliphatic heterocycles. The number of hydrogen-bond donors (Lipinski definition) is 1. The summed E-state index contributed by atoms with van der Waals surface area (Å²) in [4.78, 5) is 12.2. The molecule has 1 atom stereocenters. The molecule has 1 aromatic heterocycles. The summed E-state index contributed by atoms with van der Waals surface area (Å²) in [5.74, 6) is 0.624. The number of aryl methyl sites for hydroxylation is 1. The molecule has 0 aliphatic carbocycles. The fourth-order valence-corrected chi connectivity index (χ4v) is 1.72. The first-order chi connectivity index (χ1) is 8.54. The van der Waals surface area contributed by atoms with Crippen molar-refractivity contribution in [1.82, 2.24) is 9.88 Å². The maximum atomic E-state index is 12.2. The van der Waals surface area contributed by atoms with Crippen molar-refractivity contribution < 1.29 is 0 Å². The second kappa shape index (κ2) is 7.37. The Hall–Kier alpha value is -1.09. The van der Waals surface area contributed by atoms with E-state index >= 15 is 0 Å². The van der Waals surface area contributed by atoms with Gasteiger partial charge < -0.3 is 9.88 Å². The van der Waals surface area contributed by atoms with Crippen LogP contribution in [-0.2, 0) is 13.1 Å². The summed E-state index contributed by atoms with van der Waals surface area (Å²) >= 11 is 0. The van der Waals surface area contributed by atoms with Gasteiger partial charge in [0.1, 0.15) is 0 Å². The third kappa shape index (κ3) is 4.65. The Morgan fingerprint density at radius 3 is 2.67 bits per heavy atom. The molecule has 3 heteroatoms. The summed E-state index contributed by atoms with van der Waals surface area (Å²) in [6, 6.07) is 4.34.